The lowest BCUT2D eigenvalue weighted by Crippen LogP contribution is -2.06. The van der Waals surface area contributed by atoms with E-state index in [9.17, 15) is 0 Å². The van der Waals surface area contributed by atoms with Gasteiger partial charge < -0.3 is 5.11 Å². The first-order valence-electron chi connectivity index (χ1n) is 4.74. The molecule has 0 fully saturated rings. The lowest BCUT2D eigenvalue weighted by molar-refractivity contribution is 0.268. The molecular weight excluding hydrogens is 194 g/mol. The minimum absolute atomic E-state index is 0.0869. The standard InChI is InChI=1S/C9H13N5O/c1-7-9(13-5-10-11-6-13)8(2)14(12-7)3-4-15/h5-6,15H,3-4H2,1-2H3. The van der Waals surface area contributed by atoms with Crippen molar-refractivity contribution in [2.75, 3.05) is 6.61 Å². The van der Waals surface area contributed by atoms with Crippen molar-refractivity contribution in [3.63, 3.8) is 0 Å². The van der Waals surface area contributed by atoms with Crippen LogP contribution in [-0.4, -0.2) is 36.3 Å². The Bertz CT molecular complexity index is 445. The molecular formula is C9H13N5O. The minimum atomic E-state index is 0.0869. The first kappa shape index (κ1) is 9.85. The second-order valence-corrected chi connectivity index (χ2v) is 3.34. The number of hydrogen-bond acceptors (Lipinski definition) is 4. The van der Waals surface area contributed by atoms with Gasteiger partial charge in [0.05, 0.1) is 30.2 Å². The molecule has 0 aliphatic heterocycles. The van der Waals surface area contributed by atoms with Gasteiger partial charge >= 0.3 is 0 Å². The molecule has 0 atom stereocenters. The second kappa shape index (κ2) is 3.82. The Kier molecular flexibility index (Phi) is 2.51. The van der Waals surface area contributed by atoms with Crippen LogP contribution in [0, 0.1) is 13.8 Å². The van der Waals surface area contributed by atoms with Crippen LogP contribution in [0.3, 0.4) is 0 Å². The topological polar surface area (TPSA) is 68.8 Å². The summed E-state index contributed by atoms with van der Waals surface area (Å²) >= 11 is 0. The van der Waals surface area contributed by atoms with Crippen LogP contribution in [0.25, 0.3) is 5.69 Å². The van der Waals surface area contributed by atoms with Crippen LogP contribution in [0.15, 0.2) is 12.7 Å². The van der Waals surface area contributed by atoms with Gasteiger partial charge in [0.1, 0.15) is 12.7 Å². The number of aryl methyl sites for hydroxylation is 1. The van der Waals surface area contributed by atoms with Crippen molar-refractivity contribution in [2.45, 2.75) is 20.4 Å². The third-order valence-electron chi connectivity index (χ3n) is 2.33. The van der Waals surface area contributed by atoms with E-state index in [4.69, 9.17) is 5.11 Å². The van der Waals surface area contributed by atoms with E-state index in [2.05, 4.69) is 15.3 Å². The number of hydrogen-bond donors (Lipinski definition) is 1. The number of aromatic nitrogens is 5. The van der Waals surface area contributed by atoms with Gasteiger partial charge in [0.15, 0.2) is 0 Å². The van der Waals surface area contributed by atoms with E-state index in [-0.39, 0.29) is 6.61 Å². The molecule has 2 heterocycles. The maximum Gasteiger partial charge on any atom is 0.124 e. The van der Waals surface area contributed by atoms with Crippen molar-refractivity contribution < 1.29 is 5.11 Å². The van der Waals surface area contributed by atoms with Crippen LogP contribution < -0.4 is 0 Å². The molecule has 0 bridgehead atoms. The van der Waals surface area contributed by atoms with Gasteiger partial charge in [-0.2, -0.15) is 5.10 Å². The molecule has 0 amide bonds. The third kappa shape index (κ3) is 1.63. The van der Waals surface area contributed by atoms with Crippen LogP contribution in [0.5, 0.6) is 0 Å². The van der Waals surface area contributed by atoms with Gasteiger partial charge in [0.25, 0.3) is 0 Å². The van der Waals surface area contributed by atoms with Crippen LogP contribution in [0.2, 0.25) is 0 Å². The second-order valence-electron chi connectivity index (χ2n) is 3.34. The fourth-order valence-electron chi connectivity index (χ4n) is 1.69. The van der Waals surface area contributed by atoms with Crippen LogP contribution in [0.1, 0.15) is 11.4 Å². The molecule has 80 valence electrons. The summed E-state index contributed by atoms with van der Waals surface area (Å²) in [6.45, 7) is 4.49. The van der Waals surface area contributed by atoms with E-state index in [0.29, 0.717) is 6.54 Å². The summed E-state index contributed by atoms with van der Waals surface area (Å²) in [5.74, 6) is 0. The smallest absolute Gasteiger partial charge is 0.124 e. The Balaban J connectivity index is 2.48. The van der Waals surface area contributed by atoms with Crippen LogP contribution in [-0.2, 0) is 6.54 Å². The number of aliphatic hydroxyl groups is 1. The van der Waals surface area contributed by atoms with Crippen molar-refractivity contribution in [3.05, 3.63) is 24.0 Å². The van der Waals surface area contributed by atoms with E-state index < -0.39 is 0 Å². The zero-order valence-electron chi connectivity index (χ0n) is 8.75. The average molecular weight is 207 g/mol. The summed E-state index contributed by atoms with van der Waals surface area (Å²) in [6, 6.07) is 0. The average Bonchev–Trinajstić information content (AvgIpc) is 2.77. The van der Waals surface area contributed by atoms with Crippen molar-refractivity contribution in [2.24, 2.45) is 0 Å². The van der Waals surface area contributed by atoms with Crippen molar-refractivity contribution >= 4 is 0 Å². The Morgan fingerprint density at radius 2 is 1.93 bits per heavy atom. The maximum atomic E-state index is 8.88. The molecule has 6 nitrogen and oxygen atoms in total. The van der Waals surface area contributed by atoms with E-state index in [1.165, 1.54) is 0 Å². The Hall–Kier alpha value is -1.69. The number of nitrogens with zero attached hydrogens (tertiary/aromatic N) is 5. The monoisotopic (exact) mass is 207 g/mol. The molecule has 2 aromatic rings. The van der Waals surface area contributed by atoms with Crippen LogP contribution in [0.4, 0.5) is 0 Å². The molecule has 0 saturated heterocycles. The minimum Gasteiger partial charge on any atom is -0.394 e. The highest BCUT2D eigenvalue weighted by Gasteiger charge is 2.12. The highest BCUT2D eigenvalue weighted by molar-refractivity contribution is 5.40. The van der Waals surface area contributed by atoms with Gasteiger partial charge in [0.2, 0.25) is 0 Å². The normalized spacial score (nSPS) is 10.9. The lowest BCUT2D eigenvalue weighted by Gasteiger charge is -2.02. The first-order valence-corrected chi connectivity index (χ1v) is 4.74. The van der Waals surface area contributed by atoms with E-state index in [0.717, 1.165) is 17.1 Å². The molecule has 2 rings (SSSR count). The summed E-state index contributed by atoms with van der Waals surface area (Å²) in [4.78, 5) is 0. The molecule has 0 radical (unpaired) electrons. The van der Waals surface area contributed by atoms with Gasteiger partial charge in [-0.25, -0.2) is 0 Å². The van der Waals surface area contributed by atoms with E-state index >= 15 is 0 Å². The molecule has 0 aromatic carbocycles. The molecule has 15 heavy (non-hydrogen) atoms. The largest absolute Gasteiger partial charge is 0.394 e. The van der Waals surface area contributed by atoms with E-state index in [1.807, 2.05) is 18.4 Å². The van der Waals surface area contributed by atoms with Crippen molar-refractivity contribution in [1.82, 2.24) is 24.5 Å². The summed E-state index contributed by atoms with van der Waals surface area (Å²) in [6.07, 6.45) is 3.28. The highest BCUT2D eigenvalue weighted by Crippen LogP contribution is 2.17. The number of aliphatic hydroxyl groups excluding tert-OH is 1. The zero-order valence-corrected chi connectivity index (χ0v) is 8.75. The molecule has 0 aliphatic carbocycles. The number of rotatable bonds is 3. The van der Waals surface area contributed by atoms with Crippen molar-refractivity contribution in [1.29, 1.82) is 0 Å². The van der Waals surface area contributed by atoms with Gasteiger partial charge in [0, 0.05) is 0 Å². The highest BCUT2D eigenvalue weighted by atomic mass is 16.3. The Labute approximate surface area is 87.2 Å². The molecule has 0 aliphatic rings. The fraction of sp³-hybridized carbons (Fsp3) is 0.444. The maximum absolute atomic E-state index is 8.88. The molecule has 1 N–H and O–H groups in total. The predicted octanol–water partition coefficient (Wildman–Crippen LogP) is 0.0729. The molecule has 0 saturated carbocycles. The predicted molar refractivity (Wildman–Crippen MR) is 53.7 cm³/mol. The quantitative estimate of drug-likeness (QED) is 0.773. The van der Waals surface area contributed by atoms with Gasteiger partial charge in [-0.05, 0) is 13.8 Å². The molecule has 0 spiro atoms. The van der Waals surface area contributed by atoms with Crippen molar-refractivity contribution in [3.8, 4) is 5.69 Å². The molecule has 6 heteroatoms. The summed E-state index contributed by atoms with van der Waals surface area (Å²) in [5, 5.41) is 20.7. The Morgan fingerprint density at radius 3 is 2.53 bits per heavy atom. The van der Waals surface area contributed by atoms with E-state index in [1.54, 1.807) is 17.3 Å². The zero-order chi connectivity index (χ0) is 10.8. The summed E-state index contributed by atoms with van der Waals surface area (Å²) < 4.78 is 3.61. The van der Waals surface area contributed by atoms with Gasteiger partial charge in [-0.1, -0.05) is 0 Å². The lowest BCUT2D eigenvalue weighted by atomic mass is 10.3. The third-order valence-corrected chi connectivity index (χ3v) is 2.33. The summed E-state index contributed by atoms with van der Waals surface area (Å²) in [7, 11) is 0. The SMILES string of the molecule is Cc1nn(CCO)c(C)c1-n1cnnc1. The summed E-state index contributed by atoms with van der Waals surface area (Å²) in [5.41, 5.74) is 2.88. The van der Waals surface area contributed by atoms with Gasteiger partial charge in [-0.3, -0.25) is 9.25 Å². The Morgan fingerprint density at radius 1 is 1.27 bits per heavy atom. The fourth-order valence-corrected chi connectivity index (χ4v) is 1.69. The first-order chi connectivity index (χ1) is 7.24. The van der Waals surface area contributed by atoms with Crippen LogP contribution >= 0.6 is 0 Å². The molecule has 0 unspecified atom stereocenters. The molecule has 2 aromatic heterocycles. The van der Waals surface area contributed by atoms with Gasteiger partial charge in [-0.15, -0.1) is 10.2 Å².